The lowest BCUT2D eigenvalue weighted by Crippen LogP contribution is -2.26. The van der Waals surface area contributed by atoms with Crippen LogP contribution in [0.15, 0.2) is 46.9 Å². The minimum Gasteiger partial charge on any atom is -0.497 e. The van der Waals surface area contributed by atoms with Crippen molar-refractivity contribution in [1.29, 1.82) is 0 Å². The normalized spacial score (nSPS) is 12.0. The van der Waals surface area contributed by atoms with Gasteiger partial charge in [-0.15, -0.1) is 0 Å². The average Bonchev–Trinajstić information content (AvgIpc) is 2.51. The summed E-state index contributed by atoms with van der Waals surface area (Å²) < 4.78 is 6.40. The van der Waals surface area contributed by atoms with E-state index in [-0.39, 0.29) is 0 Å². The van der Waals surface area contributed by atoms with Gasteiger partial charge in [0.1, 0.15) is 5.75 Å². The molecule has 0 heterocycles. The molecule has 0 radical (unpaired) electrons. The molecule has 0 spiro atoms. The van der Waals surface area contributed by atoms with Gasteiger partial charge < -0.3 is 9.64 Å². The minimum absolute atomic E-state index is 0.320. The Morgan fingerprint density at radius 3 is 2.33 bits per heavy atom. The molecule has 1 unspecified atom stereocenters. The molecule has 0 fully saturated rings. The van der Waals surface area contributed by atoms with Gasteiger partial charge >= 0.3 is 0 Å². The topological polar surface area (TPSA) is 12.5 Å². The van der Waals surface area contributed by atoms with E-state index in [9.17, 15) is 0 Å². The molecule has 112 valence electrons. The molecule has 2 nitrogen and oxygen atoms in total. The van der Waals surface area contributed by atoms with Crippen molar-refractivity contribution in [1.82, 2.24) is 0 Å². The maximum absolute atomic E-state index is 5.23. The Hall–Kier alpha value is -1.48. The lowest BCUT2D eigenvalue weighted by atomic mass is 10.0. The van der Waals surface area contributed by atoms with E-state index in [1.54, 1.807) is 7.11 Å². The van der Waals surface area contributed by atoms with E-state index in [0.717, 1.165) is 16.8 Å². The van der Waals surface area contributed by atoms with Crippen LogP contribution in [0.2, 0.25) is 0 Å². The highest BCUT2D eigenvalue weighted by molar-refractivity contribution is 9.10. The molecule has 1 atom stereocenters. The predicted molar refractivity (Wildman–Crippen MR) is 93.3 cm³/mol. The SMILES string of the molecule is CCN(c1ccc(OC)cc1)C(C)c1ccc(C)c(Br)c1. The summed E-state index contributed by atoms with van der Waals surface area (Å²) in [6.07, 6.45) is 0. The van der Waals surface area contributed by atoms with Crippen LogP contribution < -0.4 is 9.64 Å². The van der Waals surface area contributed by atoms with Crippen LogP contribution in [-0.2, 0) is 0 Å². The standard InChI is InChI=1S/C18H22BrNO/c1-5-20(16-8-10-17(21-4)11-9-16)14(3)15-7-6-13(2)18(19)12-15/h6-12,14H,5H2,1-4H3. The second kappa shape index (κ2) is 6.99. The van der Waals surface area contributed by atoms with Crippen molar-refractivity contribution < 1.29 is 4.74 Å². The summed E-state index contributed by atoms with van der Waals surface area (Å²) in [6, 6.07) is 15.1. The van der Waals surface area contributed by atoms with Crippen LogP contribution in [-0.4, -0.2) is 13.7 Å². The van der Waals surface area contributed by atoms with Crippen molar-refractivity contribution in [3.63, 3.8) is 0 Å². The summed E-state index contributed by atoms with van der Waals surface area (Å²) in [6.45, 7) is 7.49. The number of anilines is 1. The Morgan fingerprint density at radius 2 is 1.81 bits per heavy atom. The number of aryl methyl sites for hydroxylation is 1. The number of nitrogens with zero attached hydrogens (tertiary/aromatic N) is 1. The predicted octanol–water partition coefficient (Wildman–Crippen LogP) is 5.35. The molecule has 0 saturated heterocycles. The van der Waals surface area contributed by atoms with Gasteiger partial charge in [0.15, 0.2) is 0 Å². The van der Waals surface area contributed by atoms with Crippen LogP contribution in [0.25, 0.3) is 0 Å². The first-order valence-corrected chi connectivity index (χ1v) is 8.02. The Balaban J connectivity index is 2.28. The molecular weight excluding hydrogens is 326 g/mol. The second-order valence-electron chi connectivity index (χ2n) is 5.17. The fourth-order valence-electron chi connectivity index (χ4n) is 2.50. The van der Waals surface area contributed by atoms with E-state index in [0.29, 0.717) is 6.04 Å². The van der Waals surface area contributed by atoms with Crippen molar-refractivity contribution in [2.45, 2.75) is 26.8 Å². The molecule has 0 saturated carbocycles. The molecule has 0 aliphatic rings. The number of hydrogen-bond donors (Lipinski definition) is 0. The van der Waals surface area contributed by atoms with Crippen molar-refractivity contribution in [2.75, 3.05) is 18.6 Å². The van der Waals surface area contributed by atoms with E-state index >= 15 is 0 Å². The smallest absolute Gasteiger partial charge is 0.119 e. The van der Waals surface area contributed by atoms with E-state index in [4.69, 9.17) is 4.74 Å². The maximum Gasteiger partial charge on any atom is 0.119 e. The van der Waals surface area contributed by atoms with Gasteiger partial charge in [-0.25, -0.2) is 0 Å². The molecule has 0 aromatic heterocycles. The van der Waals surface area contributed by atoms with E-state index in [1.807, 2.05) is 12.1 Å². The summed E-state index contributed by atoms with van der Waals surface area (Å²) >= 11 is 3.63. The maximum atomic E-state index is 5.23. The van der Waals surface area contributed by atoms with Gasteiger partial charge in [-0.3, -0.25) is 0 Å². The third-order valence-electron chi connectivity index (χ3n) is 3.89. The van der Waals surface area contributed by atoms with Gasteiger partial charge in [-0.1, -0.05) is 28.1 Å². The van der Waals surface area contributed by atoms with Crippen molar-refractivity contribution in [3.8, 4) is 5.75 Å². The average molecular weight is 348 g/mol. The van der Waals surface area contributed by atoms with Crippen LogP contribution in [0, 0.1) is 6.92 Å². The first kappa shape index (κ1) is 15.9. The molecule has 2 rings (SSSR count). The fraction of sp³-hybridized carbons (Fsp3) is 0.333. The Kier molecular flexibility index (Phi) is 5.29. The first-order valence-electron chi connectivity index (χ1n) is 7.23. The van der Waals surface area contributed by atoms with Crippen molar-refractivity contribution in [2.24, 2.45) is 0 Å². The monoisotopic (exact) mass is 347 g/mol. The third kappa shape index (κ3) is 3.59. The zero-order valence-electron chi connectivity index (χ0n) is 13.1. The summed E-state index contributed by atoms with van der Waals surface area (Å²) in [5.74, 6) is 0.889. The number of rotatable bonds is 5. The molecule has 0 aliphatic heterocycles. The van der Waals surface area contributed by atoms with Crippen molar-refractivity contribution >= 4 is 21.6 Å². The van der Waals surface area contributed by atoms with E-state index in [2.05, 4.69) is 71.9 Å². The quantitative estimate of drug-likeness (QED) is 0.722. The van der Waals surface area contributed by atoms with Crippen LogP contribution >= 0.6 is 15.9 Å². The molecule has 2 aromatic carbocycles. The summed E-state index contributed by atoms with van der Waals surface area (Å²) in [5, 5.41) is 0. The number of methoxy groups -OCH3 is 1. The molecule has 0 amide bonds. The highest BCUT2D eigenvalue weighted by atomic mass is 79.9. The molecule has 3 heteroatoms. The number of benzene rings is 2. The largest absolute Gasteiger partial charge is 0.497 e. The van der Waals surface area contributed by atoms with Gasteiger partial charge in [0.25, 0.3) is 0 Å². The Bertz CT molecular complexity index is 595. The van der Waals surface area contributed by atoms with Crippen LogP contribution in [0.5, 0.6) is 5.75 Å². The zero-order chi connectivity index (χ0) is 15.4. The molecule has 0 N–H and O–H groups in total. The van der Waals surface area contributed by atoms with E-state index < -0.39 is 0 Å². The van der Waals surface area contributed by atoms with Crippen molar-refractivity contribution in [3.05, 3.63) is 58.1 Å². The van der Waals surface area contributed by atoms with Crippen LogP contribution in [0.3, 0.4) is 0 Å². The van der Waals surface area contributed by atoms with E-state index in [1.165, 1.54) is 16.8 Å². The lowest BCUT2D eigenvalue weighted by molar-refractivity contribution is 0.415. The molecule has 2 aromatic rings. The first-order chi connectivity index (χ1) is 10.1. The van der Waals surface area contributed by atoms with Gasteiger partial charge in [0, 0.05) is 16.7 Å². The van der Waals surface area contributed by atoms with Crippen LogP contribution in [0.1, 0.15) is 31.0 Å². The fourth-order valence-corrected chi connectivity index (χ4v) is 2.90. The Labute approximate surface area is 135 Å². The molecule has 21 heavy (non-hydrogen) atoms. The van der Waals surface area contributed by atoms with Crippen LogP contribution in [0.4, 0.5) is 5.69 Å². The van der Waals surface area contributed by atoms with Gasteiger partial charge in [0.05, 0.1) is 13.2 Å². The minimum atomic E-state index is 0.320. The molecule has 0 bridgehead atoms. The zero-order valence-corrected chi connectivity index (χ0v) is 14.6. The van der Waals surface area contributed by atoms with Gasteiger partial charge in [-0.2, -0.15) is 0 Å². The number of hydrogen-bond acceptors (Lipinski definition) is 2. The Morgan fingerprint density at radius 1 is 1.14 bits per heavy atom. The number of ether oxygens (including phenoxy) is 1. The highest BCUT2D eigenvalue weighted by Gasteiger charge is 2.15. The second-order valence-corrected chi connectivity index (χ2v) is 6.02. The summed E-state index contributed by atoms with van der Waals surface area (Å²) in [4.78, 5) is 2.39. The highest BCUT2D eigenvalue weighted by Crippen LogP contribution is 2.30. The molecular formula is C18H22BrNO. The third-order valence-corrected chi connectivity index (χ3v) is 4.74. The van der Waals surface area contributed by atoms with Gasteiger partial charge in [-0.05, 0) is 62.2 Å². The lowest BCUT2D eigenvalue weighted by Gasteiger charge is -2.31. The molecule has 0 aliphatic carbocycles. The van der Waals surface area contributed by atoms with Gasteiger partial charge in [0.2, 0.25) is 0 Å². The number of halogens is 1. The summed E-state index contributed by atoms with van der Waals surface area (Å²) in [5.41, 5.74) is 3.78. The summed E-state index contributed by atoms with van der Waals surface area (Å²) in [7, 11) is 1.69.